The first kappa shape index (κ1) is 16.7. The molecule has 6 heteroatoms. The zero-order valence-corrected chi connectivity index (χ0v) is 13.1. The molecule has 0 radical (unpaired) electrons. The van der Waals surface area contributed by atoms with Gasteiger partial charge < -0.3 is 10.6 Å². The fourth-order valence-electron chi connectivity index (χ4n) is 2.02. The van der Waals surface area contributed by atoms with E-state index in [-0.39, 0.29) is 0 Å². The largest absolute Gasteiger partial charge is 0.416 e. The zero-order chi connectivity index (χ0) is 16.3. The molecule has 118 valence electrons. The number of hydrogen-bond donors (Lipinski definition) is 1. The van der Waals surface area contributed by atoms with Crippen LogP contribution in [0.15, 0.2) is 52.3 Å². The first-order valence-corrected chi connectivity index (χ1v) is 7.49. The molecule has 0 heterocycles. The third-order valence-electron chi connectivity index (χ3n) is 3.18. The van der Waals surface area contributed by atoms with Crippen LogP contribution < -0.4 is 10.6 Å². The van der Waals surface area contributed by atoms with Crippen LogP contribution >= 0.6 is 11.8 Å². The summed E-state index contributed by atoms with van der Waals surface area (Å²) in [5.41, 5.74) is 6.57. The lowest BCUT2D eigenvalue weighted by Crippen LogP contribution is -2.12. The summed E-state index contributed by atoms with van der Waals surface area (Å²) in [5.74, 6) is 0. The Morgan fingerprint density at radius 1 is 1.05 bits per heavy atom. The standard InChI is InChI=1S/C16H17F3N2S/c1-21(2)13-9-12(16(17,18)19)7-8-15(13)22-14-6-4-3-5-11(14)10-20/h3-9H,10,20H2,1-2H3. The molecule has 0 atom stereocenters. The molecule has 0 aliphatic heterocycles. The number of nitrogens with two attached hydrogens (primary N) is 1. The fraction of sp³-hybridized carbons (Fsp3) is 0.250. The number of anilines is 1. The highest BCUT2D eigenvalue weighted by Gasteiger charge is 2.31. The van der Waals surface area contributed by atoms with Crippen molar-refractivity contribution in [2.45, 2.75) is 22.5 Å². The summed E-state index contributed by atoms with van der Waals surface area (Å²) in [6.45, 7) is 0.390. The summed E-state index contributed by atoms with van der Waals surface area (Å²) in [4.78, 5) is 3.40. The van der Waals surface area contributed by atoms with Gasteiger partial charge in [-0.1, -0.05) is 30.0 Å². The van der Waals surface area contributed by atoms with Crippen LogP contribution in [0.4, 0.5) is 18.9 Å². The van der Waals surface area contributed by atoms with Crippen LogP contribution in [0.1, 0.15) is 11.1 Å². The van der Waals surface area contributed by atoms with Crippen LogP contribution in [-0.2, 0) is 12.7 Å². The lowest BCUT2D eigenvalue weighted by molar-refractivity contribution is -0.137. The van der Waals surface area contributed by atoms with Gasteiger partial charge >= 0.3 is 6.18 Å². The van der Waals surface area contributed by atoms with Crippen molar-refractivity contribution in [1.29, 1.82) is 0 Å². The SMILES string of the molecule is CN(C)c1cc(C(F)(F)F)ccc1Sc1ccccc1CN. The van der Waals surface area contributed by atoms with E-state index in [0.717, 1.165) is 21.4 Å². The Morgan fingerprint density at radius 2 is 1.73 bits per heavy atom. The lowest BCUT2D eigenvalue weighted by atomic mass is 10.2. The Labute approximate surface area is 132 Å². The van der Waals surface area contributed by atoms with Gasteiger partial charge in [-0.25, -0.2) is 0 Å². The van der Waals surface area contributed by atoms with Crippen LogP contribution in [0.25, 0.3) is 0 Å². The van der Waals surface area contributed by atoms with Crippen LogP contribution in [-0.4, -0.2) is 14.1 Å². The molecule has 2 N–H and O–H groups in total. The third kappa shape index (κ3) is 3.75. The van der Waals surface area contributed by atoms with Crippen LogP contribution in [0.3, 0.4) is 0 Å². The van der Waals surface area contributed by atoms with Gasteiger partial charge in [-0.2, -0.15) is 13.2 Å². The zero-order valence-electron chi connectivity index (χ0n) is 12.3. The van der Waals surface area contributed by atoms with Gasteiger partial charge in [-0.15, -0.1) is 0 Å². The van der Waals surface area contributed by atoms with Crippen molar-refractivity contribution in [2.24, 2.45) is 5.73 Å². The van der Waals surface area contributed by atoms with Gasteiger partial charge in [-0.3, -0.25) is 0 Å². The van der Waals surface area contributed by atoms with Gasteiger partial charge in [0.2, 0.25) is 0 Å². The predicted molar refractivity (Wildman–Crippen MR) is 84.2 cm³/mol. The fourth-order valence-corrected chi connectivity index (χ4v) is 3.17. The smallest absolute Gasteiger partial charge is 0.377 e. The van der Waals surface area contributed by atoms with Crippen LogP contribution in [0.5, 0.6) is 0 Å². The maximum absolute atomic E-state index is 12.9. The molecule has 0 saturated carbocycles. The maximum atomic E-state index is 12.9. The second kappa shape index (κ2) is 6.62. The van der Waals surface area contributed by atoms with E-state index in [9.17, 15) is 13.2 Å². The van der Waals surface area contributed by atoms with E-state index in [4.69, 9.17) is 5.73 Å². The van der Waals surface area contributed by atoms with Crippen molar-refractivity contribution in [1.82, 2.24) is 0 Å². The van der Waals surface area contributed by atoms with Gasteiger partial charge in [0.25, 0.3) is 0 Å². The number of nitrogens with zero attached hydrogens (tertiary/aromatic N) is 1. The first-order valence-electron chi connectivity index (χ1n) is 6.67. The van der Waals surface area contributed by atoms with Crippen molar-refractivity contribution < 1.29 is 13.2 Å². The molecule has 0 aliphatic rings. The number of rotatable bonds is 4. The molecule has 0 spiro atoms. The molecule has 0 saturated heterocycles. The minimum atomic E-state index is -4.34. The van der Waals surface area contributed by atoms with Gasteiger partial charge in [0.15, 0.2) is 0 Å². The highest BCUT2D eigenvalue weighted by Crippen LogP contribution is 2.40. The summed E-state index contributed by atoms with van der Waals surface area (Å²) >= 11 is 1.42. The van der Waals surface area contributed by atoms with Gasteiger partial charge in [0.1, 0.15) is 0 Å². The summed E-state index contributed by atoms with van der Waals surface area (Å²) < 4.78 is 38.6. The molecule has 0 amide bonds. The molecular weight excluding hydrogens is 309 g/mol. The molecule has 2 rings (SSSR count). The summed E-state index contributed by atoms with van der Waals surface area (Å²) in [5, 5.41) is 0. The van der Waals surface area contributed by atoms with Crippen LogP contribution in [0.2, 0.25) is 0 Å². The molecule has 22 heavy (non-hydrogen) atoms. The van der Waals surface area contributed by atoms with Crippen molar-refractivity contribution in [3.63, 3.8) is 0 Å². The average molecular weight is 326 g/mol. The van der Waals surface area contributed by atoms with Crippen molar-refractivity contribution >= 4 is 17.4 Å². The summed E-state index contributed by atoms with van der Waals surface area (Å²) in [7, 11) is 3.46. The van der Waals surface area contributed by atoms with E-state index >= 15 is 0 Å². The second-order valence-electron chi connectivity index (χ2n) is 4.99. The number of alkyl halides is 3. The summed E-state index contributed by atoms with van der Waals surface area (Å²) in [6, 6.07) is 11.4. The van der Waals surface area contributed by atoms with Crippen LogP contribution in [0, 0.1) is 0 Å². The number of hydrogen-bond acceptors (Lipinski definition) is 3. The Kier molecular flexibility index (Phi) is 5.03. The molecule has 0 fully saturated rings. The monoisotopic (exact) mass is 326 g/mol. The Balaban J connectivity index is 2.43. The van der Waals surface area contributed by atoms with Gasteiger partial charge in [-0.05, 0) is 29.8 Å². The molecule has 0 aliphatic carbocycles. The minimum absolute atomic E-state index is 0.390. The van der Waals surface area contributed by atoms with E-state index in [1.807, 2.05) is 24.3 Å². The molecule has 0 aromatic heterocycles. The Morgan fingerprint density at radius 3 is 2.32 bits per heavy atom. The number of halogens is 3. The summed E-state index contributed by atoms with van der Waals surface area (Å²) in [6.07, 6.45) is -4.34. The number of benzene rings is 2. The van der Waals surface area contributed by atoms with E-state index in [0.29, 0.717) is 12.2 Å². The molecule has 2 aromatic rings. The Hall–Kier alpha value is -1.66. The molecule has 0 bridgehead atoms. The van der Waals surface area contributed by atoms with Crippen molar-refractivity contribution in [2.75, 3.05) is 19.0 Å². The molecule has 0 unspecified atom stereocenters. The second-order valence-corrected chi connectivity index (χ2v) is 6.07. The lowest BCUT2D eigenvalue weighted by Gasteiger charge is -2.20. The van der Waals surface area contributed by atoms with E-state index in [1.165, 1.54) is 23.9 Å². The normalized spacial score (nSPS) is 11.5. The van der Waals surface area contributed by atoms with E-state index < -0.39 is 11.7 Å². The quantitative estimate of drug-likeness (QED) is 0.904. The van der Waals surface area contributed by atoms with Crippen molar-refractivity contribution in [3.8, 4) is 0 Å². The topological polar surface area (TPSA) is 29.3 Å². The highest BCUT2D eigenvalue weighted by molar-refractivity contribution is 7.99. The predicted octanol–water partition coefficient (Wildman–Crippen LogP) is 4.38. The molecular formula is C16H17F3N2S. The van der Waals surface area contributed by atoms with Gasteiger partial charge in [0.05, 0.1) is 11.3 Å². The van der Waals surface area contributed by atoms with Gasteiger partial charge in [0, 0.05) is 30.4 Å². The van der Waals surface area contributed by atoms with E-state index in [1.54, 1.807) is 19.0 Å². The highest BCUT2D eigenvalue weighted by atomic mass is 32.2. The van der Waals surface area contributed by atoms with Crippen molar-refractivity contribution in [3.05, 3.63) is 53.6 Å². The maximum Gasteiger partial charge on any atom is 0.416 e. The minimum Gasteiger partial charge on any atom is -0.377 e. The van der Waals surface area contributed by atoms with E-state index in [2.05, 4.69) is 0 Å². The first-order chi connectivity index (χ1) is 10.3. The Bertz CT molecular complexity index is 654. The molecule has 2 aromatic carbocycles. The molecule has 2 nitrogen and oxygen atoms in total. The average Bonchev–Trinajstić information content (AvgIpc) is 2.46. The third-order valence-corrected chi connectivity index (χ3v) is 4.36.